The molecule has 0 unspecified atom stereocenters. The maximum absolute atomic E-state index is 11.1. The van der Waals surface area contributed by atoms with Crippen LogP contribution in [0.5, 0.6) is 0 Å². The number of carbonyl (C=O) groups is 1. The van der Waals surface area contributed by atoms with Gasteiger partial charge < -0.3 is 10.5 Å². The predicted octanol–water partition coefficient (Wildman–Crippen LogP) is 1.72. The number of hydrogen-bond acceptors (Lipinski definition) is 4. The second kappa shape index (κ2) is 10.5. The van der Waals surface area contributed by atoms with E-state index in [2.05, 4.69) is 11.8 Å². The van der Waals surface area contributed by atoms with Gasteiger partial charge in [-0.2, -0.15) is 0 Å². The maximum Gasteiger partial charge on any atom is 0.305 e. The summed E-state index contributed by atoms with van der Waals surface area (Å²) >= 11 is 4.88. The minimum atomic E-state index is -0.0945. The van der Waals surface area contributed by atoms with Crippen LogP contribution in [-0.2, 0) is 9.53 Å². The van der Waals surface area contributed by atoms with E-state index in [0.29, 0.717) is 24.6 Å². The molecule has 17 heavy (non-hydrogen) atoms. The normalized spacial score (nSPS) is 10.5. The van der Waals surface area contributed by atoms with Crippen LogP contribution in [-0.4, -0.2) is 42.1 Å². The van der Waals surface area contributed by atoms with E-state index in [1.807, 2.05) is 6.92 Å². The molecule has 0 aromatic carbocycles. The largest absolute Gasteiger partial charge is 0.466 e. The van der Waals surface area contributed by atoms with Crippen molar-refractivity contribution in [1.29, 1.82) is 0 Å². The van der Waals surface area contributed by atoms with Gasteiger partial charge >= 0.3 is 5.97 Å². The first-order chi connectivity index (χ1) is 8.10. The summed E-state index contributed by atoms with van der Waals surface area (Å²) in [7, 11) is 0. The number of carbonyl (C=O) groups excluding carboxylic acids is 1. The van der Waals surface area contributed by atoms with Crippen molar-refractivity contribution in [2.75, 3.05) is 26.2 Å². The predicted molar refractivity (Wildman–Crippen MR) is 74.0 cm³/mol. The highest BCUT2D eigenvalue weighted by molar-refractivity contribution is 7.80. The highest BCUT2D eigenvalue weighted by Crippen LogP contribution is 2.03. The smallest absolute Gasteiger partial charge is 0.305 e. The lowest BCUT2D eigenvalue weighted by Gasteiger charge is -2.19. The van der Waals surface area contributed by atoms with Gasteiger partial charge in [0.15, 0.2) is 0 Å². The Bertz CT molecular complexity index is 235. The lowest BCUT2D eigenvalue weighted by molar-refractivity contribution is -0.143. The van der Waals surface area contributed by atoms with Gasteiger partial charge in [-0.1, -0.05) is 25.6 Å². The third kappa shape index (κ3) is 10.2. The SMILES string of the molecule is CCOC(=O)CCCCCN(CC)CC(N)=S. The van der Waals surface area contributed by atoms with Gasteiger partial charge in [0.1, 0.15) is 0 Å². The van der Waals surface area contributed by atoms with Crippen molar-refractivity contribution in [1.82, 2.24) is 4.90 Å². The minimum absolute atomic E-state index is 0.0945. The first-order valence-electron chi connectivity index (χ1n) is 6.26. The van der Waals surface area contributed by atoms with Crippen LogP contribution in [0.15, 0.2) is 0 Å². The number of likely N-dealkylation sites (N-methyl/N-ethyl adjacent to an activating group) is 1. The van der Waals surface area contributed by atoms with Gasteiger partial charge in [0.25, 0.3) is 0 Å². The summed E-state index contributed by atoms with van der Waals surface area (Å²) in [5.74, 6) is -0.0945. The Balaban J connectivity index is 3.48. The molecule has 100 valence electrons. The molecule has 0 aromatic rings. The molecule has 0 heterocycles. The fourth-order valence-corrected chi connectivity index (χ4v) is 1.77. The molecule has 0 atom stereocenters. The van der Waals surface area contributed by atoms with Crippen LogP contribution in [0.4, 0.5) is 0 Å². The number of hydrogen-bond donors (Lipinski definition) is 1. The number of esters is 1. The summed E-state index contributed by atoms with van der Waals surface area (Å²) in [4.78, 5) is 13.8. The van der Waals surface area contributed by atoms with Gasteiger partial charge in [-0.05, 0) is 32.9 Å². The molecular formula is C12H24N2O2S. The standard InChI is InChI=1S/C12H24N2O2S/c1-3-14(10-11(13)17)9-7-5-6-8-12(15)16-4-2/h3-10H2,1-2H3,(H2,13,17). The molecular weight excluding hydrogens is 236 g/mol. The van der Waals surface area contributed by atoms with E-state index in [1.54, 1.807) is 0 Å². The van der Waals surface area contributed by atoms with Crippen LogP contribution in [0.3, 0.4) is 0 Å². The van der Waals surface area contributed by atoms with E-state index >= 15 is 0 Å². The molecule has 0 amide bonds. The van der Waals surface area contributed by atoms with E-state index < -0.39 is 0 Å². The number of unbranched alkanes of at least 4 members (excludes halogenated alkanes) is 2. The Morgan fingerprint density at radius 3 is 2.53 bits per heavy atom. The Morgan fingerprint density at radius 1 is 1.29 bits per heavy atom. The summed E-state index contributed by atoms with van der Waals surface area (Å²) in [5.41, 5.74) is 5.50. The van der Waals surface area contributed by atoms with E-state index in [0.717, 1.165) is 32.4 Å². The summed E-state index contributed by atoms with van der Waals surface area (Å²) in [5, 5.41) is 0. The molecule has 4 nitrogen and oxygen atoms in total. The second-order valence-corrected chi connectivity index (χ2v) is 4.48. The van der Waals surface area contributed by atoms with Crippen molar-refractivity contribution < 1.29 is 9.53 Å². The van der Waals surface area contributed by atoms with Gasteiger partial charge in [0, 0.05) is 13.0 Å². The fraction of sp³-hybridized carbons (Fsp3) is 0.833. The minimum Gasteiger partial charge on any atom is -0.466 e. The Kier molecular flexibility index (Phi) is 10.1. The quantitative estimate of drug-likeness (QED) is 0.368. The van der Waals surface area contributed by atoms with Crippen molar-refractivity contribution in [3.05, 3.63) is 0 Å². The van der Waals surface area contributed by atoms with E-state index in [4.69, 9.17) is 22.7 Å². The molecule has 0 radical (unpaired) electrons. The van der Waals surface area contributed by atoms with Crippen molar-refractivity contribution in [2.45, 2.75) is 39.5 Å². The third-order valence-corrected chi connectivity index (χ3v) is 2.62. The van der Waals surface area contributed by atoms with Crippen molar-refractivity contribution in [3.63, 3.8) is 0 Å². The molecule has 0 aliphatic carbocycles. The Labute approximate surface area is 109 Å². The van der Waals surface area contributed by atoms with Crippen molar-refractivity contribution in [2.24, 2.45) is 5.73 Å². The first-order valence-corrected chi connectivity index (χ1v) is 6.67. The van der Waals surface area contributed by atoms with Crippen LogP contribution < -0.4 is 5.73 Å². The first kappa shape index (κ1) is 16.3. The van der Waals surface area contributed by atoms with E-state index in [9.17, 15) is 4.79 Å². The zero-order valence-corrected chi connectivity index (χ0v) is 11.7. The monoisotopic (exact) mass is 260 g/mol. The molecule has 5 heteroatoms. The van der Waals surface area contributed by atoms with Crippen molar-refractivity contribution in [3.8, 4) is 0 Å². The molecule has 0 saturated heterocycles. The fourth-order valence-electron chi connectivity index (χ4n) is 1.58. The van der Waals surface area contributed by atoms with Gasteiger partial charge in [-0.3, -0.25) is 9.69 Å². The molecule has 0 aliphatic heterocycles. The van der Waals surface area contributed by atoms with Crippen LogP contribution >= 0.6 is 12.2 Å². The second-order valence-electron chi connectivity index (χ2n) is 3.95. The van der Waals surface area contributed by atoms with Crippen LogP contribution in [0.25, 0.3) is 0 Å². The molecule has 0 saturated carbocycles. The molecule has 0 aliphatic rings. The van der Waals surface area contributed by atoms with Gasteiger partial charge in [0.2, 0.25) is 0 Å². The van der Waals surface area contributed by atoms with Crippen LogP contribution in [0.2, 0.25) is 0 Å². The van der Waals surface area contributed by atoms with Gasteiger partial charge in [-0.15, -0.1) is 0 Å². The molecule has 0 fully saturated rings. The number of rotatable bonds is 10. The average molecular weight is 260 g/mol. The molecule has 0 aromatic heterocycles. The highest BCUT2D eigenvalue weighted by Gasteiger charge is 2.04. The summed E-state index contributed by atoms with van der Waals surface area (Å²) < 4.78 is 4.86. The van der Waals surface area contributed by atoms with Gasteiger partial charge in [0.05, 0.1) is 11.6 Å². The molecule has 0 bridgehead atoms. The number of thiocarbonyl (C=S) groups is 1. The van der Waals surface area contributed by atoms with Crippen LogP contribution in [0.1, 0.15) is 39.5 Å². The van der Waals surface area contributed by atoms with Gasteiger partial charge in [-0.25, -0.2) is 0 Å². The topological polar surface area (TPSA) is 55.6 Å². The number of nitrogens with zero attached hydrogens (tertiary/aromatic N) is 1. The lowest BCUT2D eigenvalue weighted by Crippen LogP contribution is -2.33. The number of ether oxygens (including phenoxy) is 1. The Hall–Kier alpha value is -0.680. The van der Waals surface area contributed by atoms with E-state index in [1.165, 1.54) is 0 Å². The molecule has 2 N–H and O–H groups in total. The highest BCUT2D eigenvalue weighted by atomic mass is 32.1. The summed E-state index contributed by atoms with van der Waals surface area (Å²) in [6.07, 6.45) is 3.52. The number of nitrogens with two attached hydrogens (primary N) is 1. The third-order valence-electron chi connectivity index (χ3n) is 2.49. The lowest BCUT2D eigenvalue weighted by atomic mass is 10.2. The van der Waals surface area contributed by atoms with Crippen molar-refractivity contribution >= 4 is 23.2 Å². The van der Waals surface area contributed by atoms with Crippen LogP contribution in [0, 0.1) is 0 Å². The zero-order valence-electron chi connectivity index (χ0n) is 10.9. The van der Waals surface area contributed by atoms with E-state index in [-0.39, 0.29) is 5.97 Å². The molecule has 0 spiro atoms. The summed E-state index contributed by atoms with van der Waals surface area (Å²) in [6.45, 7) is 7.01. The molecule has 0 rings (SSSR count). The zero-order chi connectivity index (χ0) is 13.1. The average Bonchev–Trinajstić information content (AvgIpc) is 2.26. The summed E-state index contributed by atoms with van der Waals surface area (Å²) in [6, 6.07) is 0. The maximum atomic E-state index is 11.1. The Morgan fingerprint density at radius 2 is 2.00 bits per heavy atom.